The maximum absolute atomic E-state index is 13.7. The van der Waals surface area contributed by atoms with Gasteiger partial charge in [-0.1, -0.05) is 55.1 Å². The van der Waals surface area contributed by atoms with Crippen molar-refractivity contribution < 1.29 is 0 Å². The van der Waals surface area contributed by atoms with Crippen molar-refractivity contribution in [2.75, 3.05) is 5.75 Å². The zero-order valence-electron chi connectivity index (χ0n) is 15.9. The van der Waals surface area contributed by atoms with Crippen LogP contribution in [0.4, 0.5) is 0 Å². The van der Waals surface area contributed by atoms with Crippen LogP contribution in [0, 0.1) is 6.92 Å². The largest absolute Gasteiger partial charge is 0.268 e. The molecule has 140 valence electrons. The van der Waals surface area contributed by atoms with Gasteiger partial charge in [-0.3, -0.25) is 9.36 Å². The second-order valence-corrected chi connectivity index (χ2v) is 9.28. The normalized spacial score (nSPS) is 12.8. The van der Waals surface area contributed by atoms with Gasteiger partial charge in [-0.05, 0) is 59.9 Å². The molecule has 0 bridgehead atoms. The average Bonchev–Trinajstić information content (AvgIpc) is 3.07. The molecular formula is C23H20N2OS2. The number of benzene rings is 2. The molecule has 0 amide bonds. The number of fused-ring (bicyclic) bond motifs is 5. The van der Waals surface area contributed by atoms with Crippen molar-refractivity contribution in [1.29, 1.82) is 0 Å². The van der Waals surface area contributed by atoms with Crippen molar-refractivity contribution >= 4 is 33.3 Å². The summed E-state index contributed by atoms with van der Waals surface area (Å²) in [7, 11) is 0. The summed E-state index contributed by atoms with van der Waals surface area (Å²) in [5.74, 6) is 0.873. The van der Waals surface area contributed by atoms with Gasteiger partial charge in [-0.2, -0.15) is 0 Å². The van der Waals surface area contributed by atoms with E-state index >= 15 is 0 Å². The van der Waals surface area contributed by atoms with E-state index < -0.39 is 0 Å². The van der Waals surface area contributed by atoms with Gasteiger partial charge < -0.3 is 0 Å². The van der Waals surface area contributed by atoms with Crippen molar-refractivity contribution in [3.05, 3.63) is 75.6 Å². The van der Waals surface area contributed by atoms with E-state index in [-0.39, 0.29) is 5.56 Å². The number of thiophene rings is 1. The van der Waals surface area contributed by atoms with Crippen LogP contribution in [0.1, 0.15) is 23.6 Å². The second kappa shape index (κ2) is 6.90. The average molecular weight is 405 g/mol. The summed E-state index contributed by atoms with van der Waals surface area (Å²) in [4.78, 5) is 20.7. The molecule has 2 heterocycles. The molecule has 5 rings (SSSR count). The minimum absolute atomic E-state index is 0.0587. The van der Waals surface area contributed by atoms with Crippen LogP contribution in [0.25, 0.3) is 26.3 Å². The lowest BCUT2D eigenvalue weighted by molar-refractivity contribution is 0.819. The lowest BCUT2D eigenvalue weighted by Crippen LogP contribution is -2.22. The fraction of sp³-hybridized carbons (Fsp3) is 0.217. The van der Waals surface area contributed by atoms with E-state index in [9.17, 15) is 4.79 Å². The second-order valence-electron chi connectivity index (χ2n) is 7.05. The number of hydrogen-bond donors (Lipinski definition) is 0. The van der Waals surface area contributed by atoms with Crippen molar-refractivity contribution in [2.45, 2.75) is 31.8 Å². The standard InChI is InChI=1S/C23H20N2OS2/c1-3-27-23-24-21-19(22(26)25(23)16-9-6-7-14(2)13-16)18-12-11-15-8-4-5-10-17(15)20(18)28-21/h4-10,13H,3,11-12H2,1-2H3. The first kappa shape index (κ1) is 17.7. The summed E-state index contributed by atoms with van der Waals surface area (Å²) in [5, 5.41) is 1.58. The summed E-state index contributed by atoms with van der Waals surface area (Å²) in [6.45, 7) is 4.15. The molecule has 4 aromatic rings. The first-order valence-corrected chi connectivity index (χ1v) is 11.3. The van der Waals surface area contributed by atoms with E-state index in [1.807, 2.05) is 12.1 Å². The first-order chi connectivity index (χ1) is 13.7. The number of thioether (sulfide) groups is 1. The van der Waals surface area contributed by atoms with Crippen LogP contribution in [0.2, 0.25) is 0 Å². The summed E-state index contributed by atoms with van der Waals surface area (Å²) in [6, 6.07) is 16.6. The maximum atomic E-state index is 13.7. The molecule has 2 aromatic heterocycles. The van der Waals surface area contributed by atoms with Gasteiger partial charge in [0.2, 0.25) is 0 Å². The number of aromatic nitrogens is 2. The first-order valence-electron chi connectivity index (χ1n) is 9.54. The Kier molecular flexibility index (Phi) is 4.37. The van der Waals surface area contributed by atoms with Crippen LogP contribution >= 0.6 is 23.1 Å². The van der Waals surface area contributed by atoms with Crippen LogP contribution in [-0.4, -0.2) is 15.3 Å². The Hall–Kier alpha value is -2.37. The molecule has 3 nitrogen and oxygen atoms in total. The molecule has 2 aromatic carbocycles. The highest BCUT2D eigenvalue weighted by atomic mass is 32.2. The Morgan fingerprint density at radius 3 is 2.82 bits per heavy atom. The number of aryl methyl sites for hydroxylation is 3. The molecule has 0 aliphatic heterocycles. The zero-order valence-corrected chi connectivity index (χ0v) is 17.5. The minimum atomic E-state index is 0.0587. The zero-order chi connectivity index (χ0) is 19.3. The third-order valence-corrected chi connectivity index (χ3v) is 7.21. The number of hydrogen-bond acceptors (Lipinski definition) is 4. The van der Waals surface area contributed by atoms with E-state index in [4.69, 9.17) is 4.98 Å². The van der Waals surface area contributed by atoms with Crippen LogP contribution in [-0.2, 0) is 12.8 Å². The molecule has 0 radical (unpaired) electrons. The van der Waals surface area contributed by atoms with E-state index in [0.717, 1.165) is 45.2 Å². The molecule has 0 N–H and O–H groups in total. The Morgan fingerprint density at radius 2 is 2.00 bits per heavy atom. The highest BCUT2D eigenvalue weighted by Crippen LogP contribution is 2.42. The van der Waals surface area contributed by atoms with E-state index in [2.05, 4.69) is 50.2 Å². The molecule has 5 heteroatoms. The minimum Gasteiger partial charge on any atom is -0.268 e. The predicted molar refractivity (Wildman–Crippen MR) is 119 cm³/mol. The van der Waals surface area contributed by atoms with Gasteiger partial charge in [0.1, 0.15) is 4.83 Å². The van der Waals surface area contributed by atoms with E-state index in [1.54, 1.807) is 27.7 Å². The fourth-order valence-corrected chi connectivity index (χ4v) is 6.05. The molecular weight excluding hydrogens is 384 g/mol. The summed E-state index contributed by atoms with van der Waals surface area (Å²) >= 11 is 3.29. The maximum Gasteiger partial charge on any atom is 0.267 e. The topological polar surface area (TPSA) is 34.9 Å². The number of rotatable bonds is 3. The molecule has 0 spiro atoms. The molecule has 28 heavy (non-hydrogen) atoms. The molecule has 0 atom stereocenters. The Morgan fingerprint density at radius 1 is 1.14 bits per heavy atom. The highest BCUT2D eigenvalue weighted by Gasteiger charge is 2.25. The smallest absolute Gasteiger partial charge is 0.267 e. The lowest BCUT2D eigenvalue weighted by Gasteiger charge is -2.16. The van der Waals surface area contributed by atoms with Gasteiger partial charge in [0.05, 0.1) is 11.1 Å². The summed E-state index contributed by atoms with van der Waals surface area (Å²) in [5.41, 5.74) is 5.89. The van der Waals surface area contributed by atoms with Crippen LogP contribution in [0.3, 0.4) is 0 Å². The molecule has 0 saturated heterocycles. The summed E-state index contributed by atoms with van der Waals surface area (Å²) in [6.07, 6.45) is 1.88. The van der Waals surface area contributed by atoms with Gasteiger partial charge in [0.25, 0.3) is 5.56 Å². The quantitative estimate of drug-likeness (QED) is 0.328. The molecule has 1 aliphatic rings. The third-order valence-electron chi connectivity index (χ3n) is 5.23. The molecule has 1 aliphatic carbocycles. The Balaban J connectivity index is 1.84. The predicted octanol–water partition coefficient (Wildman–Crippen LogP) is 5.63. The molecule has 0 saturated carbocycles. The number of nitrogens with zero attached hydrogens (tertiary/aromatic N) is 2. The lowest BCUT2D eigenvalue weighted by atomic mass is 9.90. The fourth-order valence-electron chi connectivity index (χ4n) is 3.98. The third kappa shape index (κ3) is 2.73. The Labute approximate surface area is 172 Å². The van der Waals surface area contributed by atoms with Gasteiger partial charge in [0.15, 0.2) is 5.16 Å². The van der Waals surface area contributed by atoms with Gasteiger partial charge in [-0.25, -0.2) is 4.98 Å². The van der Waals surface area contributed by atoms with Crippen LogP contribution < -0.4 is 5.56 Å². The van der Waals surface area contributed by atoms with Crippen molar-refractivity contribution in [1.82, 2.24) is 9.55 Å². The van der Waals surface area contributed by atoms with Crippen LogP contribution in [0.15, 0.2) is 58.5 Å². The van der Waals surface area contributed by atoms with Crippen LogP contribution in [0.5, 0.6) is 0 Å². The van der Waals surface area contributed by atoms with Crippen molar-refractivity contribution in [3.8, 4) is 16.1 Å². The monoisotopic (exact) mass is 404 g/mol. The van der Waals surface area contributed by atoms with Gasteiger partial charge >= 0.3 is 0 Å². The Bertz CT molecular complexity index is 1270. The molecule has 0 fully saturated rings. The summed E-state index contributed by atoms with van der Waals surface area (Å²) < 4.78 is 1.80. The van der Waals surface area contributed by atoms with Crippen molar-refractivity contribution in [2.24, 2.45) is 0 Å². The van der Waals surface area contributed by atoms with E-state index in [1.165, 1.54) is 21.6 Å². The SMILES string of the molecule is CCSc1nc2sc3c(c2c(=O)n1-c1cccc(C)c1)CCc1ccccc1-3. The molecule has 0 unspecified atom stereocenters. The van der Waals surface area contributed by atoms with E-state index in [0.29, 0.717) is 0 Å². The van der Waals surface area contributed by atoms with Crippen molar-refractivity contribution in [3.63, 3.8) is 0 Å². The van der Waals surface area contributed by atoms with Gasteiger partial charge in [-0.15, -0.1) is 11.3 Å². The highest BCUT2D eigenvalue weighted by molar-refractivity contribution is 7.99. The van der Waals surface area contributed by atoms with Gasteiger partial charge in [0, 0.05) is 4.88 Å².